The summed E-state index contributed by atoms with van der Waals surface area (Å²) < 4.78 is 5.10. The van der Waals surface area contributed by atoms with Crippen LogP contribution in [0.1, 0.15) is 17.5 Å². The summed E-state index contributed by atoms with van der Waals surface area (Å²) in [6, 6.07) is 13.3. The molecule has 0 atom stereocenters. The van der Waals surface area contributed by atoms with Gasteiger partial charge in [0.15, 0.2) is 0 Å². The molecular formula is C21H25N3O3. The van der Waals surface area contributed by atoms with Crippen LogP contribution in [-0.2, 0) is 22.4 Å². The Hall–Kier alpha value is -3.02. The number of carbonyl (C=O) groups excluding carboxylic acids is 2. The Morgan fingerprint density at radius 3 is 2.81 bits per heavy atom. The van der Waals surface area contributed by atoms with Gasteiger partial charge in [-0.1, -0.05) is 18.2 Å². The van der Waals surface area contributed by atoms with Gasteiger partial charge < -0.3 is 20.3 Å². The van der Waals surface area contributed by atoms with Crippen molar-refractivity contribution in [2.75, 3.05) is 37.5 Å². The van der Waals surface area contributed by atoms with Crippen molar-refractivity contribution in [3.05, 3.63) is 53.6 Å². The average Bonchev–Trinajstić information content (AvgIpc) is 2.68. The second-order valence-corrected chi connectivity index (χ2v) is 6.68. The first kappa shape index (κ1) is 18.8. The fraction of sp³-hybridized carbons (Fsp3) is 0.333. The van der Waals surface area contributed by atoms with Crippen molar-refractivity contribution < 1.29 is 14.3 Å². The molecule has 2 N–H and O–H groups in total. The first-order valence-electron chi connectivity index (χ1n) is 9.13. The summed E-state index contributed by atoms with van der Waals surface area (Å²) in [5.74, 6) is -0.711. The zero-order chi connectivity index (χ0) is 19.2. The van der Waals surface area contributed by atoms with E-state index >= 15 is 0 Å². The Kier molecular flexibility index (Phi) is 5.96. The van der Waals surface area contributed by atoms with Crippen molar-refractivity contribution in [2.45, 2.75) is 19.3 Å². The largest absolute Gasteiger partial charge is 0.497 e. The highest BCUT2D eigenvalue weighted by atomic mass is 16.5. The van der Waals surface area contributed by atoms with Crippen LogP contribution in [0, 0.1) is 0 Å². The number of ether oxygens (including phenoxy) is 1. The first-order chi connectivity index (χ1) is 13.1. The zero-order valence-electron chi connectivity index (χ0n) is 15.7. The van der Waals surface area contributed by atoms with Crippen molar-refractivity contribution in [2.24, 2.45) is 0 Å². The molecule has 2 aromatic carbocycles. The number of aryl methyl sites for hydroxylation is 1. The molecule has 0 saturated carbocycles. The summed E-state index contributed by atoms with van der Waals surface area (Å²) in [4.78, 5) is 26.3. The minimum absolute atomic E-state index is 0.416. The van der Waals surface area contributed by atoms with Crippen LogP contribution in [0.2, 0.25) is 0 Å². The number of fused-ring (bicyclic) bond motifs is 1. The van der Waals surface area contributed by atoms with Crippen LogP contribution >= 0.6 is 0 Å². The normalized spacial score (nSPS) is 12.9. The van der Waals surface area contributed by atoms with Crippen LogP contribution in [-0.4, -0.2) is 39.1 Å². The lowest BCUT2D eigenvalue weighted by Crippen LogP contribution is -2.36. The number of rotatable bonds is 5. The Morgan fingerprint density at radius 2 is 2.00 bits per heavy atom. The molecule has 1 aliphatic rings. The van der Waals surface area contributed by atoms with Gasteiger partial charge >= 0.3 is 11.8 Å². The summed E-state index contributed by atoms with van der Waals surface area (Å²) >= 11 is 0. The molecule has 0 aliphatic carbocycles. The molecule has 0 spiro atoms. The van der Waals surface area contributed by atoms with Gasteiger partial charge in [-0.3, -0.25) is 9.59 Å². The molecule has 142 valence electrons. The molecule has 1 heterocycles. The molecule has 0 bridgehead atoms. The SMILES string of the molecule is COc1cccc(NC(=O)C(=O)NCCc2ccc3c(c2)CCCN3C)c1. The van der Waals surface area contributed by atoms with Crippen LogP contribution in [0.25, 0.3) is 0 Å². The summed E-state index contributed by atoms with van der Waals surface area (Å²) in [7, 11) is 3.66. The number of nitrogens with one attached hydrogen (secondary N) is 2. The molecule has 2 aromatic rings. The minimum Gasteiger partial charge on any atom is -0.497 e. The number of carbonyl (C=O) groups is 2. The number of nitrogens with zero attached hydrogens (tertiary/aromatic N) is 1. The predicted octanol–water partition coefficient (Wildman–Crippen LogP) is 2.38. The Morgan fingerprint density at radius 1 is 1.15 bits per heavy atom. The summed E-state index contributed by atoms with van der Waals surface area (Å²) in [5.41, 5.74) is 4.32. The molecule has 2 amide bonds. The van der Waals surface area contributed by atoms with Crippen molar-refractivity contribution in [1.82, 2.24) is 5.32 Å². The van der Waals surface area contributed by atoms with E-state index in [0.717, 1.165) is 24.9 Å². The van der Waals surface area contributed by atoms with E-state index < -0.39 is 11.8 Å². The molecule has 0 radical (unpaired) electrons. The van der Waals surface area contributed by atoms with Crippen LogP contribution in [0.4, 0.5) is 11.4 Å². The van der Waals surface area contributed by atoms with Gasteiger partial charge in [0.1, 0.15) is 5.75 Å². The van der Waals surface area contributed by atoms with Crippen LogP contribution in [0.5, 0.6) is 5.75 Å². The third-order valence-electron chi connectivity index (χ3n) is 4.73. The van der Waals surface area contributed by atoms with E-state index in [-0.39, 0.29) is 0 Å². The predicted molar refractivity (Wildman–Crippen MR) is 106 cm³/mol. The summed E-state index contributed by atoms with van der Waals surface area (Å²) in [5, 5.41) is 5.25. The van der Waals surface area contributed by atoms with Gasteiger partial charge in [-0.2, -0.15) is 0 Å². The minimum atomic E-state index is -0.685. The van der Waals surface area contributed by atoms with Crippen molar-refractivity contribution in [3.63, 3.8) is 0 Å². The Bertz CT molecular complexity index is 835. The molecule has 6 heteroatoms. The number of hydrogen-bond donors (Lipinski definition) is 2. The van der Waals surface area contributed by atoms with E-state index in [1.54, 1.807) is 31.4 Å². The standard InChI is InChI=1S/C21H25N3O3/c1-24-12-4-5-16-13-15(8-9-19(16)24)10-11-22-20(25)21(26)23-17-6-3-7-18(14-17)27-2/h3,6-9,13-14H,4-5,10-12H2,1-2H3,(H,22,25)(H,23,26). The Labute approximate surface area is 159 Å². The van der Waals surface area contributed by atoms with Crippen molar-refractivity contribution in [1.29, 1.82) is 0 Å². The van der Waals surface area contributed by atoms with E-state index in [9.17, 15) is 9.59 Å². The van der Waals surface area contributed by atoms with E-state index in [1.807, 2.05) is 0 Å². The highest BCUT2D eigenvalue weighted by molar-refractivity contribution is 6.39. The lowest BCUT2D eigenvalue weighted by atomic mass is 9.98. The van der Waals surface area contributed by atoms with Gasteiger partial charge in [0.2, 0.25) is 0 Å². The third-order valence-corrected chi connectivity index (χ3v) is 4.73. The number of anilines is 2. The average molecular weight is 367 g/mol. The smallest absolute Gasteiger partial charge is 0.313 e. The Balaban J connectivity index is 1.49. The fourth-order valence-electron chi connectivity index (χ4n) is 3.28. The van der Waals surface area contributed by atoms with Crippen LogP contribution in [0.15, 0.2) is 42.5 Å². The number of hydrogen-bond acceptors (Lipinski definition) is 4. The van der Waals surface area contributed by atoms with Gasteiger partial charge in [-0.15, -0.1) is 0 Å². The molecular weight excluding hydrogens is 342 g/mol. The summed E-state index contributed by atoms with van der Waals surface area (Å²) in [6.45, 7) is 1.50. The second-order valence-electron chi connectivity index (χ2n) is 6.68. The molecule has 0 unspecified atom stereocenters. The lowest BCUT2D eigenvalue weighted by molar-refractivity contribution is -0.136. The lowest BCUT2D eigenvalue weighted by Gasteiger charge is -2.27. The molecule has 6 nitrogen and oxygen atoms in total. The molecule has 0 fully saturated rings. The molecule has 0 saturated heterocycles. The monoisotopic (exact) mass is 367 g/mol. The van der Waals surface area contributed by atoms with Crippen LogP contribution < -0.4 is 20.3 Å². The highest BCUT2D eigenvalue weighted by Crippen LogP contribution is 2.26. The van der Waals surface area contributed by atoms with Gasteiger partial charge in [0.05, 0.1) is 7.11 Å². The van der Waals surface area contributed by atoms with Gasteiger partial charge in [0.25, 0.3) is 0 Å². The van der Waals surface area contributed by atoms with E-state index in [1.165, 1.54) is 11.3 Å². The first-order valence-corrected chi connectivity index (χ1v) is 9.13. The maximum absolute atomic E-state index is 12.0. The van der Waals surface area contributed by atoms with E-state index in [0.29, 0.717) is 24.4 Å². The molecule has 0 aromatic heterocycles. The maximum Gasteiger partial charge on any atom is 0.313 e. The highest BCUT2D eigenvalue weighted by Gasteiger charge is 2.15. The summed E-state index contributed by atoms with van der Waals surface area (Å²) in [6.07, 6.45) is 2.94. The number of amides is 2. The molecule has 1 aliphatic heterocycles. The number of methoxy groups -OCH3 is 1. The zero-order valence-corrected chi connectivity index (χ0v) is 15.7. The van der Waals surface area contributed by atoms with Crippen LogP contribution in [0.3, 0.4) is 0 Å². The van der Waals surface area contributed by atoms with Crippen molar-refractivity contribution in [3.8, 4) is 5.75 Å². The van der Waals surface area contributed by atoms with Gasteiger partial charge in [0, 0.05) is 37.6 Å². The second kappa shape index (κ2) is 8.58. The fourth-order valence-corrected chi connectivity index (χ4v) is 3.28. The number of benzene rings is 2. The quantitative estimate of drug-likeness (QED) is 0.796. The van der Waals surface area contributed by atoms with Crippen molar-refractivity contribution >= 4 is 23.2 Å². The third kappa shape index (κ3) is 4.78. The van der Waals surface area contributed by atoms with E-state index in [4.69, 9.17) is 4.74 Å². The van der Waals surface area contributed by atoms with E-state index in [2.05, 4.69) is 40.8 Å². The van der Waals surface area contributed by atoms with Gasteiger partial charge in [-0.25, -0.2) is 0 Å². The van der Waals surface area contributed by atoms with Gasteiger partial charge in [-0.05, 0) is 48.6 Å². The maximum atomic E-state index is 12.0. The topological polar surface area (TPSA) is 70.7 Å². The molecule has 27 heavy (non-hydrogen) atoms. The molecule has 3 rings (SSSR count).